The van der Waals surface area contributed by atoms with E-state index in [1.165, 1.54) is 244 Å². The molecule has 530 valence electrons. The van der Waals surface area contributed by atoms with Crippen LogP contribution >= 0.6 is 7.82 Å². The number of hydrogen-bond donors (Lipinski definition) is 1. The smallest absolute Gasteiger partial charge is 0.462 e. The first-order valence-corrected chi connectivity index (χ1v) is 40.3. The Morgan fingerprint density at radius 2 is 0.626 bits per heavy atom. The lowest BCUT2D eigenvalue weighted by Gasteiger charge is -2.24. The van der Waals surface area contributed by atoms with Crippen molar-refractivity contribution in [2.24, 2.45) is 0 Å². The number of carbonyl (C=O) groups excluding carboxylic acids is 2. The molecule has 0 aromatic carbocycles. The van der Waals surface area contributed by atoms with Gasteiger partial charge in [0, 0.05) is 12.8 Å². The Morgan fingerprint density at radius 3 is 0.934 bits per heavy atom. The third-order valence-corrected chi connectivity index (χ3v) is 18.2. The minimum absolute atomic E-state index is 0.0300. The first-order valence-electron chi connectivity index (χ1n) is 38.8. The van der Waals surface area contributed by atoms with Crippen LogP contribution in [0.4, 0.5) is 0 Å². The predicted molar refractivity (Wildman–Crippen MR) is 395 cm³/mol. The summed E-state index contributed by atoms with van der Waals surface area (Å²) in [5.74, 6) is -0.787. The lowest BCUT2D eigenvalue weighted by molar-refractivity contribution is -0.870. The van der Waals surface area contributed by atoms with Crippen LogP contribution in [0.2, 0.25) is 0 Å². The van der Waals surface area contributed by atoms with Gasteiger partial charge in [0.1, 0.15) is 19.8 Å². The lowest BCUT2D eigenvalue weighted by atomic mass is 10.0. The van der Waals surface area contributed by atoms with Gasteiger partial charge in [0.15, 0.2) is 6.10 Å². The molecule has 1 N–H and O–H groups in total. The molecule has 91 heavy (non-hydrogen) atoms. The van der Waals surface area contributed by atoms with E-state index in [2.05, 4.69) is 98.9 Å². The molecule has 9 nitrogen and oxygen atoms in total. The first kappa shape index (κ1) is 88.2. The number of esters is 2. The van der Waals surface area contributed by atoms with Gasteiger partial charge in [-0.15, -0.1) is 0 Å². The predicted octanol–water partition coefficient (Wildman–Crippen LogP) is 25.7. The Labute approximate surface area is 564 Å². The quantitative estimate of drug-likeness (QED) is 0.0211. The van der Waals surface area contributed by atoms with Crippen LogP contribution in [0.3, 0.4) is 0 Å². The van der Waals surface area contributed by atoms with Crippen molar-refractivity contribution >= 4 is 19.8 Å². The highest BCUT2D eigenvalue weighted by Gasteiger charge is 2.27. The normalized spacial score (nSPS) is 13.5. The SMILES string of the molecule is CC/C=C\C/C=C\C/C=C\C/C=C\C/C=C\C/C=C\C/C=C\CCCCCCCCCCCCCC(=O)OC(COC(=O)CCCCCCCCCCCCCCCCCCCCCCCCCCCCCCCCCCCC)COP(=O)(O)OCC[N+](C)(C)C. The first-order chi connectivity index (χ1) is 44.5. The highest BCUT2D eigenvalue weighted by atomic mass is 31.2. The Balaban J connectivity index is 3.98. The van der Waals surface area contributed by atoms with E-state index in [0.717, 1.165) is 89.9 Å². The van der Waals surface area contributed by atoms with Crippen molar-refractivity contribution in [3.63, 3.8) is 0 Å². The molecular weight excluding hydrogens is 1150 g/mol. The topological polar surface area (TPSA) is 108 Å². The van der Waals surface area contributed by atoms with Gasteiger partial charge >= 0.3 is 19.8 Å². The fourth-order valence-electron chi connectivity index (χ4n) is 11.3. The Hall–Kier alpha value is -2.81. The molecule has 0 radical (unpaired) electrons. The van der Waals surface area contributed by atoms with Gasteiger partial charge in [-0.25, -0.2) is 4.57 Å². The molecule has 0 aliphatic heterocycles. The lowest BCUT2D eigenvalue weighted by Crippen LogP contribution is -2.37. The second kappa shape index (κ2) is 71.5. The number of rotatable bonds is 72. The van der Waals surface area contributed by atoms with Gasteiger partial charge in [0.05, 0.1) is 27.7 Å². The maximum atomic E-state index is 12.9. The highest BCUT2D eigenvalue weighted by Crippen LogP contribution is 2.43. The molecule has 0 amide bonds. The molecule has 0 saturated heterocycles. The molecule has 0 saturated carbocycles. The zero-order valence-corrected chi connectivity index (χ0v) is 61.5. The number of carbonyl (C=O) groups is 2. The zero-order valence-electron chi connectivity index (χ0n) is 60.6. The van der Waals surface area contributed by atoms with Gasteiger partial charge < -0.3 is 18.9 Å². The summed E-state index contributed by atoms with van der Waals surface area (Å²) in [6, 6.07) is 0. The van der Waals surface area contributed by atoms with E-state index in [0.29, 0.717) is 23.9 Å². The second-order valence-electron chi connectivity index (χ2n) is 27.4. The minimum atomic E-state index is -4.40. The summed E-state index contributed by atoms with van der Waals surface area (Å²) in [7, 11) is 1.48. The third-order valence-electron chi connectivity index (χ3n) is 17.2. The summed E-state index contributed by atoms with van der Waals surface area (Å²) in [6.45, 7) is 4.37. The maximum Gasteiger partial charge on any atom is 0.472 e. The zero-order chi connectivity index (χ0) is 66.2. The number of phosphoric ester groups is 1. The fourth-order valence-corrected chi connectivity index (χ4v) is 12.0. The molecule has 0 aliphatic rings. The number of allylic oxidation sites excluding steroid dienone is 14. The largest absolute Gasteiger partial charge is 0.472 e. The van der Waals surface area contributed by atoms with Crippen LogP contribution in [0.1, 0.15) is 367 Å². The van der Waals surface area contributed by atoms with Crippen molar-refractivity contribution in [2.45, 2.75) is 373 Å². The van der Waals surface area contributed by atoms with Gasteiger partial charge in [0.25, 0.3) is 0 Å². The van der Waals surface area contributed by atoms with Crippen LogP contribution < -0.4 is 0 Å². The molecule has 2 unspecified atom stereocenters. The third kappa shape index (κ3) is 76.1. The van der Waals surface area contributed by atoms with E-state index in [1.54, 1.807) is 0 Å². The van der Waals surface area contributed by atoms with Crippen molar-refractivity contribution in [2.75, 3.05) is 47.5 Å². The minimum Gasteiger partial charge on any atom is -0.462 e. The van der Waals surface area contributed by atoms with E-state index >= 15 is 0 Å². The van der Waals surface area contributed by atoms with E-state index in [-0.39, 0.29) is 25.6 Å². The van der Waals surface area contributed by atoms with E-state index < -0.39 is 26.5 Å². The van der Waals surface area contributed by atoms with Crippen LogP contribution in [-0.4, -0.2) is 74.9 Å². The second-order valence-corrected chi connectivity index (χ2v) is 28.8. The average Bonchev–Trinajstić information content (AvgIpc) is 3.62. The molecular formula is C81H149NO8P+. The molecule has 0 spiro atoms. The molecule has 0 rings (SSSR count). The summed E-state index contributed by atoms with van der Waals surface area (Å²) in [5.41, 5.74) is 0. The number of quaternary nitrogens is 1. The number of ether oxygens (including phenoxy) is 2. The van der Waals surface area contributed by atoms with E-state index in [1.807, 2.05) is 21.1 Å². The summed E-state index contributed by atoms with van der Waals surface area (Å²) >= 11 is 0. The van der Waals surface area contributed by atoms with E-state index in [9.17, 15) is 19.0 Å². The number of phosphoric acid groups is 1. The summed E-state index contributed by atoms with van der Waals surface area (Å²) in [5, 5.41) is 0. The van der Waals surface area contributed by atoms with E-state index in [4.69, 9.17) is 18.5 Å². The van der Waals surface area contributed by atoms with Crippen LogP contribution in [0.15, 0.2) is 85.1 Å². The van der Waals surface area contributed by atoms with Crippen molar-refractivity contribution < 1.29 is 42.1 Å². The monoisotopic (exact) mass is 1300 g/mol. The Morgan fingerprint density at radius 1 is 0.352 bits per heavy atom. The average molecular weight is 1300 g/mol. The molecule has 0 heterocycles. The van der Waals surface area contributed by atoms with Gasteiger partial charge in [0.2, 0.25) is 0 Å². The van der Waals surface area contributed by atoms with Crippen LogP contribution in [0.5, 0.6) is 0 Å². The maximum absolute atomic E-state index is 12.9. The van der Waals surface area contributed by atoms with Gasteiger partial charge in [-0.2, -0.15) is 0 Å². The van der Waals surface area contributed by atoms with Crippen molar-refractivity contribution in [1.29, 1.82) is 0 Å². The fraction of sp³-hybridized carbons (Fsp3) is 0.802. The highest BCUT2D eigenvalue weighted by molar-refractivity contribution is 7.47. The van der Waals surface area contributed by atoms with Crippen molar-refractivity contribution in [1.82, 2.24) is 0 Å². The summed E-state index contributed by atoms with van der Waals surface area (Å²) in [6.07, 6.45) is 98.6. The summed E-state index contributed by atoms with van der Waals surface area (Å²) in [4.78, 5) is 36.0. The summed E-state index contributed by atoms with van der Waals surface area (Å²) < 4.78 is 34.8. The molecule has 0 aliphatic carbocycles. The van der Waals surface area contributed by atoms with Crippen LogP contribution in [0.25, 0.3) is 0 Å². The van der Waals surface area contributed by atoms with Gasteiger partial charge in [-0.1, -0.05) is 369 Å². The van der Waals surface area contributed by atoms with Crippen LogP contribution in [0, 0.1) is 0 Å². The van der Waals surface area contributed by atoms with Crippen molar-refractivity contribution in [3.8, 4) is 0 Å². The standard InChI is InChI=1S/C81H148NO8P/c1-6-8-10-12-14-16-18-20-22-24-26-28-30-32-34-36-38-40-42-43-45-47-49-51-53-55-57-59-61-63-65-67-69-71-73-80(83)87-77-79(78-89-91(85,86)88-76-75-82(3,4)5)90-81(84)74-72-70-68-66-64-62-60-58-56-54-52-50-48-46-44-41-39-37-35-33-31-29-27-25-23-21-19-17-15-13-11-9-7-2/h9,11,15,17,21,23,27,29,33,35,39,41,46,48,79H,6-8,10,12-14,16,18-20,22,24-26,28,30-32,34,36-38,40,42-45,47,49-78H2,1-5H3/p+1/b11-9-,17-15-,23-21-,29-27-,35-33-,41-39-,48-46-. The number of unbranched alkanes of at least 4 members (excludes halogenated alkanes) is 44. The number of likely N-dealkylation sites (N-methyl/N-ethyl adjacent to an activating group) is 1. The molecule has 0 fully saturated rings. The Kier molecular flexibility index (Phi) is 69.3. The van der Waals surface area contributed by atoms with Gasteiger partial charge in [-0.05, 0) is 70.6 Å². The molecule has 0 bridgehead atoms. The van der Waals surface area contributed by atoms with Crippen molar-refractivity contribution in [3.05, 3.63) is 85.1 Å². The number of nitrogens with zero attached hydrogens (tertiary/aromatic N) is 1. The molecule has 10 heteroatoms. The molecule has 0 aromatic heterocycles. The molecule has 2 atom stereocenters. The molecule has 0 aromatic rings. The van der Waals surface area contributed by atoms with Gasteiger partial charge in [-0.3, -0.25) is 18.6 Å². The Bertz CT molecular complexity index is 1810. The van der Waals surface area contributed by atoms with Crippen LogP contribution in [-0.2, 0) is 32.7 Å². The number of hydrogen-bond acceptors (Lipinski definition) is 7.